The van der Waals surface area contributed by atoms with E-state index in [1.54, 1.807) is 0 Å². The summed E-state index contributed by atoms with van der Waals surface area (Å²) in [6, 6.07) is 4.30. The zero-order valence-electron chi connectivity index (χ0n) is 12.2. The van der Waals surface area contributed by atoms with E-state index in [0.717, 1.165) is 35.8 Å². The second-order valence-corrected chi connectivity index (χ2v) is 5.16. The van der Waals surface area contributed by atoms with Crippen LogP contribution in [0.3, 0.4) is 0 Å². The third-order valence-electron chi connectivity index (χ3n) is 3.46. The van der Waals surface area contributed by atoms with E-state index >= 15 is 0 Å². The molecule has 0 aliphatic rings. The maximum atomic E-state index is 6.44. The summed E-state index contributed by atoms with van der Waals surface area (Å²) in [5.74, 6) is 0. The van der Waals surface area contributed by atoms with Gasteiger partial charge in [-0.2, -0.15) is 5.10 Å². The van der Waals surface area contributed by atoms with Crippen LogP contribution in [-0.2, 0) is 19.9 Å². The van der Waals surface area contributed by atoms with E-state index in [1.165, 1.54) is 5.56 Å². The van der Waals surface area contributed by atoms with Crippen LogP contribution < -0.4 is 5.32 Å². The van der Waals surface area contributed by atoms with E-state index in [1.807, 2.05) is 36.3 Å². The van der Waals surface area contributed by atoms with Gasteiger partial charge in [0.05, 0.1) is 16.4 Å². The number of rotatable bonds is 6. The highest BCUT2D eigenvalue weighted by atomic mass is 35.5. The third-order valence-corrected chi connectivity index (χ3v) is 3.90. The quantitative estimate of drug-likeness (QED) is 0.890. The topological polar surface area (TPSA) is 42.7 Å². The molecule has 108 valence electrons. The molecule has 0 aliphatic carbocycles. The van der Waals surface area contributed by atoms with Gasteiger partial charge >= 0.3 is 0 Å². The number of aryl methyl sites for hydroxylation is 2. The lowest BCUT2D eigenvalue weighted by Gasteiger charge is -2.18. The van der Waals surface area contributed by atoms with Gasteiger partial charge in [-0.25, -0.2) is 0 Å². The Bertz CT molecular complexity index is 551. The molecule has 1 N–H and O–H groups in total. The molecule has 2 aromatic rings. The molecular formula is C15H21ClN4. The van der Waals surface area contributed by atoms with Crippen molar-refractivity contribution in [2.24, 2.45) is 7.05 Å². The first kappa shape index (κ1) is 15.0. The number of halogens is 1. The van der Waals surface area contributed by atoms with Crippen molar-refractivity contribution in [3.8, 4) is 0 Å². The van der Waals surface area contributed by atoms with Gasteiger partial charge in [-0.1, -0.05) is 25.4 Å². The second kappa shape index (κ2) is 6.86. The summed E-state index contributed by atoms with van der Waals surface area (Å²) in [4.78, 5) is 4.08. The molecule has 0 saturated carbocycles. The summed E-state index contributed by atoms with van der Waals surface area (Å²) in [6.45, 7) is 5.09. The second-order valence-electron chi connectivity index (χ2n) is 4.78. The minimum atomic E-state index is 0.223. The van der Waals surface area contributed by atoms with Crippen LogP contribution in [0, 0.1) is 0 Å². The van der Waals surface area contributed by atoms with Crippen molar-refractivity contribution in [1.29, 1.82) is 0 Å². The van der Waals surface area contributed by atoms with Gasteiger partial charge in [0.15, 0.2) is 0 Å². The molecule has 0 aliphatic heterocycles. The number of nitrogens with one attached hydrogen (secondary N) is 1. The lowest BCUT2D eigenvalue weighted by Crippen LogP contribution is -2.24. The predicted molar refractivity (Wildman–Crippen MR) is 82.0 cm³/mol. The molecule has 0 spiro atoms. The molecule has 0 bridgehead atoms. The number of likely N-dealkylation sites (N-methyl/N-ethyl adjacent to an activating group) is 1. The molecule has 0 fully saturated rings. The first-order chi connectivity index (χ1) is 9.67. The van der Waals surface area contributed by atoms with Gasteiger partial charge in [-0.15, -0.1) is 0 Å². The molecule has 0 saturated heterocycles. The number of pyridine rings is 1. The average molecular weight is 293 g/mol. The number of hydrogen-bond acceptors (Lipinski definition) is 3. The van der Waals surface area contributed by atoms with Crippen LogP contribution in [0.25, 0.3) is 0 Å². The SMILES string of the molecule is CCNC(Cc1c(Cl)c(CC)nn1C)c1ccncc1. The lowest BCUT2D eigenvalue weighted by molar-refractivity contribution is 0.528. The van der Waals surface area contributed by atoms with Crippen LogP contribution in [0.15, 0.2) is 24.5 Å². The lowest BCUT2D eigenvalue weighted by atomic mass is 10.0. The fraction of sp³-hybridized carbons (Fsp3) is 0.467. The third kappa shape index (κ3) is 3.19. The molecule has 0 amide bonds. The van der Waals surface area contributed by atoms with E-state index in [9.17, 15) is 0 Å². The van der Waals surface area contributed by atoms with Crippen molar-refractivity contribution in [2.75, 3.05) is 6.54 Å². The van der Waals surface area contributed by atoms with Gasteiger partial charge in [0.25, 0.3) is 0 Å². The van der Waals surface area contributed by atoms with E-state index in [0.29, 0.717) is 0 Å². The van der Waals surface area contributed by atoms with E-state index < -0.39 is 0 Å². The number of nitrogens with zero attached hydrogens (tertiary/aromatic N) is 3. The van der Waals surface area contributed by atoms with Crippen LogP contribution in [-0.4, -0.2) is 21.3 Å². The number of hydrogen-bond donors (Lipinski definition) is 1. The maximum Gasteiger partial charge on any atom is 0.0850 e. The largest absolute Gasteiger partial charge is 0.310 e. The highest BCUT2D eigenvalue weighted by molar-refractivity contribution is 6.31. The zero-order valence-corrected chi connectivity index (χ0v) is 13.0. The van der Waals surface area contributed by atoms with Gasteiger partial charge in [0, 0.05) is 31.9 Å². The summed E-state index contributed by atoms with van der Waals surface area (Å²) in [5.41, 5.74) is 3.26. The van der Waals surface area contributed by atoms with Crippen LogP contribution >= 0.6 is 11.6 Å². The molecule has 4 nitrogen and oxygen atoms in total. The standard InChI is InChI=1S/C15H21ClN4/c1-4-12-15(16)14(20(3)19-12)10-13(18-5-2)11-6-8-17-9-7-11/h6-9,13,18H,4-5,10H2,1-3H3. The van der Waals surface area contributed by atoms with Crippen LogP contribution in [0.2, 0.25) is 5.02 Å². The van der Waals surface area contributed by atoms with Crippen molar-refractivity contribution in [1.82, 2.24) is 20.1 Å². The Morgan fingerprint density at radius 1 is 1.30 bits per heavy atom. The van der Waals surface area contributed by atoms with Gasteiger partial charge in [-0.05, 0) is 30.7 Å². The number of aromatic nitrogens is 3. The fourth-order valence-electron chi connectivity index (χ4n) is 2.38. The van der Waals surface area contributed by atoms with Crippen molar-refractivity contribution in [3.05, 3.63) is 46.5 Å². The summed E-state index contributed by atoms with van der Waals surface area (Å²) in [7, 11) is 1.95. The van der Waals surface area contributed by atoms with Crippen LogP contribution in [0.1, 0.15) is 36.8 Å². The van der Waals surface area contributed by atoms with Crippen molar-refractivity contribution in [3.63, 3.8) is 0 Å². The molecule has 20 heavy (non-hydrogen) atoms. The van der Waals surface area contributed by atoms with Gasteiger partial charge in [0.1, 0.15) is 0 Å². The Morgan fingerprint density at radius 2 is 2.00 bits per heavy atom. The maximum absolute atomic E-state index is 6.44. The zero-order chi connectivity index (χ0) is 14.5. The first-order valence-corrected chi connectivity index (χ1v) is 7.38. The summed E-state index contributed by atoms with van der Waals surface area (Å²) < 4.78 is 1.90. The summed E-state index contributed by atoms with van der Waals surface area (Å²) in [5, 5.41) is 8.78. The average Bonchev–Trinajstić information content (AvgIpc) is 2.75. The normalized spacial score (nSPS) is 12.6. The molecule has 2 aromatic heterocycles. The molecule has 1 unspecified atom stereocenters. The predicted octanol–water partition coefficient (Wildman–Crippen LogP) is 2.92. The monoisotopic (exact) mass is 292 g/mol. The van der Waals surface area contributed by atoms with Crippen LogP contribution in [0.4, 0.5) is 0 Å². The molecule has 5 heteroatoms. The van der Waals surface area contributed by atoms with Gasteiger partial charge in [0.2, 0.25) is 0 Å². The summed E-state index contributed by atoms with van der Waals surface area (Å²) >= 11 is 6.44. The van der Waals surface area contributed by atoms with Crippen molar-refractivity contribution in [2.45, 2.75) is 32.7 Å². The Balaban J connectivity index is 2.27. The molecule has 2 rings (SSSR count). The molecule has 2 heterocycles. The smallest absolute Gasteiger partial charge is 0.0850 e. The van der Waals surface area contributed by atoms with Gasteiger partial charge < -0.3 is 5.32 Å². The Labute approximate surface area is 125 Å². The molecule has 0 aromatic carbocycles. The Morgan fingerprint density at radius 3 is 2.55 bits per heavy atom. The summed E-state index contributed by atoms with van der Waals surface area (Å²) in [6.07, 6.45) is 5.32. The van der Waals surface area contributed by atoms with Gasteiger partial charge in [-0.3, -0.25) is 9.67 Å². The first-order valence-electron chi connectivity index (χ1n) is 7.00. The molecule has 0 radical (unpaired) electrons. The Kier molecular flexibility index (Phi) is 5.15. The molecular weight excluding hydrogens is 272 g/mol. The Hall–Kier alpha value is -1.39. The fourth-order valence-corrected chi connectivity index (χ4v) is 2.76. The van der Waals surface area contributed by atoms with Crippen molar-refractivity contribution >= 4 is 11.6 Å². The van der Waals surface area contributed by atoms with E-state index in [2.05, 4.69) is 29.2 Å². The van der Waals surface area contributed by atoms with E-state index in [4.69, 9.17) is 11.6 Å². The van der Waals surface area contributed by atoms with E-state index in [-0.39, 0.29) is 6.04 Å². The molecule has 1 atom stereocenters. The highest BCUT2D eigenvalue weighted by Crippen LogP contribution is 2.26. The van der Waals surface area contributed by atoms with Crippen LogP contribution in [0.5, 0.6) is 0 Å². The highest BCUT2D eigenvalue weighted by Gasteiger charge is 2.18. The van der Waals surface area contributed by atoms with Crippen molar-refractivity contribution < 1.29 is 0 Å². The minimum Gasteiger partial charge on any atom is -0.310 e. The minimum absolute atomic E-state index is 0.223.